The third-order valence-corrected chi connectivity index (χ3v) is 3.93. The van der Waals surface area contributed by atoms with Gasteiger partial charge in [0.2, 0.25) is 0 Å². The van der Waals surface area contributed by atoms with Crippen molar-refractivity contribution in [3.8, 4) is 0 Å². The fourth-order valence-corrected chi connectivity index (χ4v) is 2.72. The number of rotatable bonds is 5. The van der Waals surface area contributed by atoms with Crippen LogP contribution in [0.25, 0.3) is 0 Å². The molecule has 1 saturated heterocycles. The first kappa shape index (κ1) is 16.7. The Morgan fingerprint density at radius 3 is 2.46 bits per heavy atom. The average molecular weight is 337 g/mol. The van der Waals surface area contributed by atoms with E-state index in [2.05, 4.69) is 10.2 Å². The lowest BCUT2D eigenvalue weighted by Gasteiger charge is -2.26. The number of alkyl halides is 3. The molecule has 0 N–H and O–H groups in total. The summed E-state index contributed by atoms with van der Waals surface area (Å²) in [4.78, 5) is 1.92. The molecule has 0 saturated carbocycles. The number of anilines is 1. The Morgan fingerprint density at radius 1 is 1.08 bits per heavy atom. The normalized spacial score (nSPS) is 17.9. The van der Waals surface area contributed by atoms with Gasteiger partial charge in [-0.3, -0.25) is 0 Å². The van der Waals surface area contributed by atoms with Gasteiger partial charge in [0.15, 0.2) is 11.5 Å². The van der Waals surface area contributed by atoms with E-state index in [0.29, 0.717) is 18.9 Å². The molecule has 4 nitrogen and oxygen atoms in total. The molecule has 24 heavy (non-hydrogen) atoms. The highest BCUT2D eigenvalue weighted by atomic mass is 19.4. The first-order valence-electron chi connectivity index (χ1n) is 7.84. The van der Waals surface area contributed by atoms with Crippen molar-refractivity contribution in [2.24, 2.45) is 0 Å². The zero-order valence-corrected chi connectivity index (χ0v) is 13.0. The van der Waals surface area contributed by atoms with Gasteiger partial charge in [0.1, 0.15) is 0 Å². The van der Waals surface area contributed by atoms with Gasteiger partial charge < -0.3 is 9.64 Å². The Labute approximate surface area is 138 Å². The minimum Gasteiger partial charge on any atom is -0.376 e. The van der Waals surface area contributed by atoms with E-state index < -0.39 is 11.9 Å². The molecule has 1 aromatic carbocycles. The summed E-state index contributed by atoms with van der Waals surface area (Å²) >= 11 is 0. The standard InChI is InChI=1S/C17H18F3N3O/c18-17(19,20)15-8-9-16(22-21-15)23(12-14-7-4-10-24-14)11-13-5-2-1-3-6-13/h1-3,5-6,8-9,14H,4,7,10-12H2. The van der Waals surface area contributed by atoms with E-state index in [0.717, 1.165) is 31.1 Å². The molecule has 3 rings (SSSR count). The Morgan fingerprint density at radius 2 is 1.88 bits per heavy atom. The van der Waals surface area contributed by atoms with Crippen molar-refractivity contribution in [2.75, 3.05) is 18.1 Å². The maximum atomic E-state index is 12.7. The molecule has 1 fully saturated rings. The van der Waals surface area contributed by atoms with Crippen LogP contribution in [0.3, 0.4) is 0 Å². The molecular weight excluding hydrogens is 319 g/mol. The smallest absolute Gasteiger partial charge is 0.376 e. The van der Waals surface area contributed by atoms with E-state index in [1.807, 2.05) is 35.2 Å². The first-order chi connectivity index (χ1) is 11.5. The molecule has 0 spiro atoms. The third kappa shape index (κ3) is 4.23. The highest BCUT2D eigenvalue weighted by Gasteiger charge is 2.33. The maximum absolute atomic E-state index is 12.7. The highest BCUT2D eigenvalue weighted by Crippen LogP contribution is 2.28. The quantitative estimate of drug-likeness (QED) is 0.834. The summed E-state index contributed by atoms with van der Waals surface area (Å²) in [5, 5.41) is 7.11. The molecule has 1 aromatic heterocycles. The Balaban J connectivity index is 1.80. The van der Waals surface area contributed by atoms with Gasteiger partial charge in [0, 0.05) is 19.7 Å². The van der Waals surface area contributed by atoms with Crippen molar-refractivity contribution >= 4 is 5.82 Å². The topological polar surface area (TPSA) is 38.2 Å². The van der Waals surface area contributed by atoms with Gasteiger partial charge in [-0.1, -0.05) is 30.3 Å². The fourth-order valence-electron chi connectivity index (χ4n) is 2.72. The molecule has 1 atom stereocenters. The summed E-state index contributed by atoms with van der Waals surface area (Å²) in [6, 6.07) is 12.1. The van der Waals surface area contributed by atoms with Crippen LogP contribution in [0.5, 0.6) is 0 Å². The van der Waals surface area contributed by atoms with Crippen LogP contribution in [0, 0.1) is 0 Å². The van der Waals surface area contributed by atoms with Crippen LogP contribution in [0.4, 0.5) is 19.0 Å². The molecule has 2 heterocycles. The van der Waals surface area contributed by atoms with E-state index in [9.17, 15) is 13.2 Å². The number of nitrogens with zero attached hydrogens (tertiary/aromatic N) is 3. The predicted octanol–water partition coefficient (Wildman–Crippen LogP) is 3.68. The Bertz CT molecular complexity index is 640. The summed E-state index contributed by atoms with van der Waals surface area (Å²) in [6.45, 7) is 1.85. The Hall–Kier alpha value is -2.15. The molecular formula is C17H18F3N3O. The number of hydrogen-bond acceptors (Lipinski definition) is 4. The minimum absolute atomic E-state index is 0.0674. The van der Waals surface area contributed by atoms with Crippen molar-refractivity contribution in [3.63, 3.8) is 0 Å². The lowest BCUT2D eigenvalue weighted by Crippen LogP contribution is -2.32. The summed E-state index contributed by atoms with van der Waals surface area (Å²) in [5.41, 5.74) is 0.0697. The lowest BCUT2D eigenvalue weighted by molar-refractivity contribution is -0.141. The molecule has 0 radical (unpaired) electrons. The fraction of sp³-hybridized carbons (Fsp3) is 0.412. The molecule has 7 heteroatoms. The second-order valence-corrected chi connectivity index (χ2v) is 5.78. The molecule has 1 aliphatic heterocycles. The summed E-state index contributed by atoms with van der Waals surface area (Å²) in [7, 11) is 0. The van der Waals surface area contributed by atoms with Crippen LogP contribution < -0.4 is 4.90 Å². The van der Waals surface area contributed by atoms with Crippen LogP contribution >= 0.6 is 0 Å². The molecule has 0 amide bonds. The van der Waals surface area contributed by atoms with Crippen molar-refractivity contribution in [1.29, 1.82) is 0 Å². The third-order valence-electron chi connectivity index (χ3n) is 3.93. The summed E-state index contributed by atoms with van der Waals surface area (Å²) in [5.74, 6) is 0.419. The molecule has 1 aliphatic rings. The average Bonchev–Trinajstić information content (AvgIpc) is 3.08. The lowest BCUT2D eigenvalue weighted by atomic mass is 10.2. The predicted molar refractivity (Wildman–Crippen MR) is 83.5 cm³/mol. The zero-order chi connectivity index (χ0) is 17.0. The molecule has 2 aromatic rings. The van der Waals surface area contributed by atoms with Gasteiger partial charge >= 0.3 is 6.18 Å². The van der Waals surface area contributed by atoms with Gasteiger partial charge in [0.05, 0.1) is 6.10 Å². The Kier molecular flexibility index (Phi) is 4.99. The van der Waals surface area contributed by atoms with Crippen LogP contribution in [-0.2, 0) is 17.5 Å². The van der Waals surface area contributed by atoms with Crippen LogP contribution in [0.2, 0.25) is 0 Å². The summed E-state index contributed by atoms with van der Waals surface area (Å²) < 4.78 is 43.6. The highest BCUT2D eigenvalue weighted by molar-refractivity contribution is 5.39. The van der Waals surface area contributed by atoms with Crippen LogP contribution in [-0.4, -0.2) is 29.5 Å². The zero-order valence-electron chi connectivity index (χ0n) is 13.0. The SMILES string of the molecule is FC(F)(F)c1ccc(N(Cc2ccccc2)CC2CCCO2)nn1. The first-order valence-corrected chi connectivity index (χ1v) is 7.84. The largest absolute Gasteiger partial charge is 0.435 e. The molecule has 1 unspecified atom stereocenters. The van der Waals surface area contributed by atoms with Crippen molar-refractivity contribution in [3.05, 3.63) is 53.7 Å². The van der Waals surface area contributed by atoms with E-state index in [1.165, 1.54) is 6.07 Å². The van der Waals surface area contributed by atoms with E-state index in [4.69, 9.17) is 4.74 Å². The number of hydrogen-bond donors (Lipinski definition) is 0. The van der Waals surface area contributed by atoms with Gasteiger partial charge in [-0.2, -0.15) is 13.2 Å². The molecule has 128 valence electrons. The van der Waals surface area contributed by atoms with Gasteiger partial charge in [-0.15, -0.1) is 10.2 Å². The van der Waals surface area contributed by atoms with Crippen LogP contribution in [0.1, 0.15) is 24.1 Å². The van der Waals surface area contributed by atoms with E-state index >= 15 is 0 Å². The van der Waals surface area contributed by atoms with Crippen molar-refractivity contribution in [2.45, 2.75) is 31.7 Å². The maximum Gasteiger partial charge on any atom is 0.435 e. The number of benzene rings is 1. The molecule has 0 aliphatic carbocycles. The van der Waals surface area contributed by atoms with E-state index in [-0.39, 0.29) is 6.10 Å². The molecule has 0 bridgehead atoms. The van der Waals surface area contributed by atoms with Gasteiger partial charge in [-0.25, -0.2) is 0 Å². The van der Waals surface area contributed by atoms with Crippen molar-refractivity contribution in [1.82, 2.24) is 10.2 Å². The number of halogens is 3. The minimum atomic E-state index is -4.48. The van der Waals surface area contributed by atoms with Gasteiger partial charge in [0.25, 0.3) is 0 Å². The number of ether oxygens (including phenoxy) is 1. The van der Waals surface area contributed by atoms with E-state index in [1.54, 1.807) is 0 Å². The summed E-state index contributed by atoms with van der Waals surface area (Å²) in [6.07, 6.45) is -2.47. The van der Waals surface area contributed by atoms with Gasteiger partial charge in [-0.05, 0) is 30.5 Å². The second kappa shape index (κ2) is 7.17. The second-order valence-electron chi connectivity index (χ2n) is 5.78. The van der Waals surface area contributed by atoms with Crippen molar-refractivity contribution < 1.29 is 17.9 Å². The van der Waals surface area contributed by atoms with Crippen LogP contribution in [0.15, 0.2) is 42.5 Å². The monoisotopic (exact) mass is 337 g/mol. The number of aromatic nitrogens is 2.